The average molecular weight is 370 g/mol. The molecule has 1 aromatic heterocycles. The number of para-hydroxylation sites is 1. The number of rotatable bonds is 7. The lowest BCUT2D eigenvalue weighted by Gasteiger charge is -2.18. The number of thioether (sulfide) groups is 1. The second kappa shape index (κ2) is 8.09. The van der Waals surface area contributed by atoms with Crippen LogP contribution in [0.25, 0.3) is 5.69 Å². The zero-order chi connectivity index (χ0) is 17.6. The Morgan fingerprint density at radius 2 is 1.88 bits per heavy atom. The van der Waals surface area contributed by atoms with Gasteiger partial charge < -0.3 is 14.2 Å². The van der Waals surface area contributed by atoms with Crippen molar-refractivity contribution in [1.82, 2.24) is 20.2 Å². The molecule has 3 aromatic rings. The maximum atomic E-state index is 5.70. The van der Waals surface area contributed by atoms with Gasteiger partial charge in [0, 0.05) is 11.8 Å². The summed E-state index contributed by atoms with van der Waals surface area (Å²) in [6, 6.07) is 15.5. The number of benzene rings is 2. The van der Waals surface area contributed by atoms with Crippen LogP contribution in [0.3, 0.4) is 0 Å². The summed E-state index contributed by atoms with van der Waals surface area (Å²) in [5.74, 6) is 3.22. The molecule has 2 aromatic carbocycles. The van der Waals surface area contributed by atoms with E-state index in [1.807, 2.05) is 48.5 Å². The third-order valence-electron chi connectivity index (χ3n) is 3.74. The molecular formula is C18H18N4O3S. The van der Waals surface area contributed by atoms with Gasteiger partial charge in [0.2, 0.25) is 5.16 Å². The van der Waals surface area contributed by atoms with Gasteiger partial charge in [0.05, 0.1) is 12.3 Å². The predicted octanol–water partition coefficient (Wildman–Crippen LogP) is 2.99. The molecule has 0 saturated carbocycles. The molecule has 0 unspecified atom stereocenters. The molecule has 4 rings (SSSR count). The molecule has 0 fully saturated rings. The van der Waals surface area contributed by atoms with Crippen LogP contribution in [0.5, 0.6) is 17.2 Å². The monoisotopic (exact) mass is 370 g/mol. The van der Waals surface area contributed by atoms with Crippen molar-refractivity contribution in [3.05, 3.63) is 48.5 Å². The molecule has 0 amide bonds. The number of hydrogen-bond donors (Lipinski definition) is 0. The molecule has 0 aliphatic carbocycles. The fraction of sp³-hybridized carbons (Fsp3) is 0.278. The maximum Gasteiger partial charge on any atom is 0.214 e. The van der Waals surface area contributed by atoms with E-state index in [1.54, 1.807) is 16.4 Å². The number of fused-ring (bicyclic) bond motifs is 1. The van der Waals surface area contributed by atoms with E-state index in [9.17, 15) is 0 Å². The number of hydrogen-bond acceptors (Lipinski definition) is 7. The van der Waals surface area contributed by atoms with Crippen molar-refractivity contribution in [2.75, 3.05) is 25.6 Å². The summed E-state index contributed by atoms with van der Waals surface area (Å²) in [7, 11) is 0. The number of aromatic nitrogens is 4. The third kappa shape index (κ3) is 3.91. The fourth-order valence-corrected chi connectivity index (χ4v) is 3.33. The van der Waals surface area contributed by atoms with Crippen LogP contribution >= 0.6 is 11.8 Å². The summed E-state index contributed by atoms with van der Waals surface area (Å²) in [5, 5.41) is 12.7. The van der Waals surface area contributed by atoms with Crippen LogP contribution in [0.4, 0.5) is 0 Å². The van der Waals surface area contributed by atoms with Crippen molar-refractivity contribution in [2.24, 2.45) is 0 Å². The molecule has 8 heteroatoms. The topological polar surface area (TPSA) is 71.3 Å². The predicted molar refractivity (Wildman–Crippen MR) is 97.4 cm³/mol. The maximum absolute atomic E-state index is 5.70. The molecule has 1 aliphatic heterocycles. The molecule has 0 spiro atoms. The average Bonchev–Trinajstić information content (AvgIpc) is 3.17. The number of tetrazole rings is 1. The molecular weight excluding hydrogens is 352 g/mol. The Balaban J connectivity index is 1.34. The molecule has 134 valence electrons. The lowest BCUT2D eigenvalue weighted by Crippen LogP contribution is -2.15. The summed E-state index contributed by atoms with van der Waals surface area (Å²) in [4.78, 5) is 0. The molecule has 0 N–H and O–H groups in total. The van der Waals surface area contributed by atoms with Gasteiger partial charge in [-0.15, -0.1) is 5.10 Å². The Morgan fingerprint density at radius 3 is 2.77 bits per heavy atom. The summed E-state index contributed by atoms with van der Waals surface area (Å²) in [6.07, 6.45) is 0.896. The minimum Gasteiger partial charge on any atom is -0.494 e. The Morgan fingerprint density at radius 1 is 1.04 bits per heavy atom. The van der Waals surface area contributed by atoms with Gasteiger partial charge >= 0.3 is 0 Å². The van der Waals surface area contributed by atoms with E-state index in [4.69, 9.17) is 14.2 Å². The van der Waals surface area contributed by atoms with Crippen LogP contribution in [-0.4, -0.2) is 45.8 Å². The Labute approximate surface area is 155 Å². The number of nitrogens with zero attached hydrogens (tertiary/aromatic N) is 4. The van der Waals surface area contributed by atoms with Crippen LogP contribution in [0.2, 0.25) is 0 Å². The first-order chi connectivity index (χ1) is 12.9. The molecule has 0 atom stereocenters. The van der Waals surface area contributed by atoms with Crippen LogP contribution in [0.1, 0.15) is 6.42 Å². The quantitative estimate of drug-likeness (QED) is 0.468. The van der Waals surface area contributed by atoms with E-state index >= 15 is 0 Å². The van der Waals surface area contributed by atoms with Gasteiger partial charge in [-0.3, -0.25) is 0 Å². The zero-order valence-corrected chi connectivity index (χ0v) is 14.9. The highest BCUT2D eigenvalue weighted by Gasteiger charge is 2.15. The zero-order valence-electron chi connectivity index (χ0n) is 14.1. The molecule has 0 radical (unpaired) electrons. The standard InChI is InChI=1S/C18H18N4O3S/c1-2-5-15(6-3-1)23-9-4-12-26-18-19-20-21-22(18)14-7-8-16-17(13-14)25-11-10-24-16/h1-3,5-8,13H,4,9-12H2. The normalized spacial score (nSPS) is 12.8. The Bertz CT molecular complexity index is 857. The molecule has 7 nitrogen and oxygen atoms in total. The van der Waals surface area contributed by atoms with Gasteiger partial charge in [-0.25, -0.2) is 0 Å². The second-order valence-electron chi connectivity index (χ2n) is 5.56. The van der Waals surface area contributed by atoms with Gasteiger partial charge in [-0.2, -0.15) is 4.68 Å². The van der Waals surface area contributed by atoms with E-state index in [0.29, 0.717) is 19.8 Å². The minimum absolute atomic E-state index is 0.551. The highest BCUT2D eigenvalue weighted by Crippen LogP contribution is 2.32. The van der Waals surface area contributed by atoms with Gasteiger partial charge in [-0.05, 0) is 41.1 Å². The molecule has 1 aliphatic rings. The van der Waals surface area contributed by atoms with E-state index in [0.717, 1.165) is 40.3 Å². The Kier molecular flexibility index (Phi) is 5.20. The van der Waals surface area contributed by atoms with Gasteiger partial charge in [0.25, 0.3) is 0 Å². The third-order valence-corrected chi connectivity index (χ3v) is 4.75. The van der Waals surface area contributed by atoms with E-state index in [2.05, 4.69) is 15.5 Å². The first kappa shape index (κ1) is 16.7. The largest absolute Gasteiger partial charge is 0.494 e. The van der Waals surface area contributed by atoms with Crippen LogP contribution < -0.4 is 14.2 Å². The lowest BCUT2D eigenvalue weighted by molar-refractivity contribution is 0.171. The van der Waals surface area contributed by atoms with E-state index < -0.39 is 0 Å². The smallest absolute Gasteiger partial charge is 0.214 e. The summed E-state index contributed by atoms with van der Waals surface area (Å²) < 4.78 is 18.6. The van der Waals surface area contributed by atoms with Crippen LogP contribution in [0.15, 0.2) is 53.7 Å². The fourth-order valence-electron chi connectivity index (χ4n) is 2.52. The summed E-state index contributed by atoms with van der Waals surface area (Å²) >= 11 is 1.60. The van der Waals surface area contributed by atoms with Crippen molar-refractivity contribution in [2.45, 2.75) is 11.6 Å². The molecule has 0 bridgehead atoms. The van der Waals surface area contributed by atoms with Gasteiger partial charge in [0.15, 0.2) is 11.5 Å². The summed E-state index contributed by atoms with van der Waals surface area (Å²) in [5.41, 5.74) is 0.849. The molecule has 0 saturated heterocycles. The number of ether oxygens (including phenoxy) is 3. The van der Waals surface area contributed by atoms with E-state index in [1.165, 1.54) is 0 Å². The van der Waals surface area contributed by atoms with Crippen molar-refractivity contribution < 1.29 is 14.2 Å². The molecule has 2 heterocycles. The summed E-state index contributed by atoms with van der Waals surface area (Å²) in [6.45, 7) is 1.78. The van der Waals surface area contributed by atoms with E-state index in [-0.39, 0.29) is 0 Å². The second-order valence-corrected chi connectivity index (χ2v) is 6.63. The van der Waals surface area contributed by atoms with Gasteiger partial charge in [0.1, 0.15) is 19.0 Å². The van der Waals surface area contributed by atoms with Crippen molar-refractivity contribution in [3.63, 3.8) is 0 Å². The van der Waals surface area contributed by atoms with Crippen LogP contribution in [-0.2, 0) is 0 Å². The van der Waals surface area contributed by atoms with Crippen molar-refractivity contribution in [1.29, 1.82) is 0 Å². The van der Waals surface area contributed by atoms with Crippen LogP contribution in [0, 0.1) is 0 Å². The Hall–Kier alpha value is -2.74. The minimum atomic E-state index is 0.551. The first-order valence-corrected chi connectivity index (χ1v) is 9.38. The van der Waals surface area contributed by atoms with Crippen molar-refractivity contribution in [3.8, 4) is 22.9 Å². The lowest BCUT2D eigenvalue weighted by atomic mass is 10.2. The SMILES string of the molecule is c1ccc(OCCCSc2nnnn2-c2ccc3c(c2)OCCO3)cc1. The highest BCUT2D eigenvalue weighted by atomic mass is 32.2. The van der Waals surface area contributed by atoms with Gasteiger partial charge in [-0.1, -0.05) is 30.0 Å². The van der Waals surface area contributed by atoms with Crippen molar-refractivity contribution >= 4 is 11.8 Å². The highest BCUT2D eigenvalue weighted by molar-refractivity contribution is 7.99. The first-order valence-electron chi connectivity index (χ1n) is 8.39. The molecule has 26 heavy (non-hydrogen) atoms.